The normalized spacial score (nSPS) is 13.7. The van der Waals surface area contributed by atoms with Crippen molar-refractivity contribution in [3.63, 3.8) is 0 Å². The van der Waals surface area contributed by atoms with Gasteiger partial charge in [-0.15, -0.1) is 0 Å². The van der Waals surface area contributed by atoms with Crippen molar-refractivity contribution in [1.29, 1.82) is 0 Å². The number of aliphatic carboxylic acids is 1. The van der Waals surface area contributed by atoms with Crippen LogP contribution in [0.2, 0.25) is 5.15 Å². The Labute approximate surface area is 110 Å². The molecule has 0 radical (unpaired) electrons. The van der Waals surface area contributed by atoms with Crippen LogP contribution in [0, 0.1) is 5.92 Å². The molecular weight excluding hydrogens is 256 g/mol. The zero-order chi connectivity index (χ0) is 13.7. The van der Waals surface area contributed by atoms with E-state index in [0.717, 1.165) is 0 Å². The predicted octanol–water partition coefficient (Wildman–Crippen LogP) is 1.96. The van der Waals surface area contributed by atoms with Gasteiger partial charge in [0.05, 0.1) is 0 Å². The average Bonchev–Trinajstić information content (AvgIpc) is 2.34. The second-order valence-corrected chi connectivity index (χ2v) is 4.43. The molecule has 0 fully saturated rings. The highest BCUT2D eigenvalue weighted by molar-refractivity contribution is 6.29. The third-order valence-electron chi connectivity index (χ3n) is 2.75. The number of hydrogen-bond donors (Lipinski definition) is 2. The van der Waals surface area contributed by atoms with E-state index in [2.05, 4.69) is 10.3 Å². The van der Waals surface area contributed by atoms with Crippen molar-refractivity contribution in [1.82, 2.24) is 10.3 Å². The monoisotopic (exact) mass is 270 g/mol. The van der Waals surface area contributed by atoms with E-state index in [9.17, 15) is 9.59 Å². The van der Waals surface area contributed by atoms with Crippen LogP contribution in [0.15, 0.2) is 18.3 Å². The summed E-state index contributed by atoms with van der Waals surface area (Å²) < 4.78 is 0. The molecule has 0 saturated carbocycles. The number of nitrogens with one attached hydrogen (secondary N) is 1. The molecule has 98 valence electrons. The number of halogens is 1. The number of carbonyl (C=O) groups is 2. The van der Waals surface area contributed by atoms with E-state index in [-0.39, 0.29) is 11.1 Å². The van der Waals surface area contributed by atoms with Gasteiger partial charge in [-0.1, -0.05) is 31.9 Å². The Morgan fingerprint density at radius 3 is 2.72 bits per heavy atom. The standard InChI is InChI=1S/C12H15ClN2O3/c1-3-7(2)10(12(17)18)15-11(16)8-4-5-14-9(13)6-8/h4-7,10H,3H2,1-2H3,(H,15,16)(H,17,18)/t7-,10-/m0/s1. The lowest BCUT2D eigenvalue weighted by atomic mass is 9.99. The molecule has 0 saturated heterocycles. The number of rotatable bonds is 5. The third-order valence-corrected chi connectivity index (χ3v) is 2.96. The summed E-state index contributed by atoms with van der Waals surface area (Å²) in [6.45, 7) is 3.65. The Kier molecular flexibility index (Phi) is 5.09. The van der Waals surface area contributed by atoms with Gasteiger partial charge in [0.1, 0.15) is 11.2 Å². The maximum atomic E-state index is 11.9. The van der Waals surface area contributed by atoms with Gasteiger partial charge in [0.15, 0.2) is 0 Å². The fraction of sp³-hybridized carbons (Fsp3) is 0.417. The second kappa shape index (κ2) is 6.35. The lowest BCUT2D eigenvalue weighted by Crippen LogP contribution is -2.45. The summed E-state index contributed by atoms with van der Waals surface area (Å²) in [5.41, 5.74) is 0.296. The van der Waals surface area contributed by atoms with E-state index in [0.29, 0.717) is 12.0 Å². The van der Waals surface area contributed by atoms with Crippen LogP contribution < -0.4 is 5.32 Å². The number of carboxylic acids is 1. The van der Waals surface area contributed by atoms with Crippen LogP contribution >= 0.6 is 11.6 Å². The molecule has 2 N–H and O–H groups in total. The van der Waals surface area contributed by atoms with Crippen molar-refractivity contribution in [2.45, 2.75) is 26.3 Å². The molecule has 2 atom stereocenters. The summed E-state index contributed by atoms with van der Waals surface area (Å²) >= 11 is 5.67. The zero-order valence-corrected chi connectivity index (χ0v) is 10.9. The van der Waals surface area contributed by atoms with E-state index in [1.807, 2.05) is 6.92 Å². The van der Waals surface area contributed by atoms with Crippen LogP contribution in [0.1, 0.15) is 30.6 Å². The minimum Gasteiger partial charge on any atom is -0.480 e. The molecule has 0 unspecified atom stereocenters. The molecule has 1 rings (SSSR count). The molecule has 0 bridgehead atoms. The zero-order valence-electron chi connectivity index (χ0n) is 10.2. The van der Waals surface area contributed by atoms with Crippen molar-refractivity contribution in [2.24, 2.45) is 5.92 Å². The van der Waals surface area contributed by atoms with Gasteiger partial charge in [-0.3, -0.25) is 4.79 Å². The molecule has 1 amide bonds. The lowest BCUT2D eigenvalue weighted by Gasteiger charge is -2.20. The predicted molar refractivity (Wildman–Crippen MR) is 67.6 cm³/mol. The first-order valence-corrected chi connectivity index (χ1v) is 5.98. The number of aromatic nitrogens is 1. The average molecular weight is 271 g/mol. The molecule has 1 aromatic heterocycles. The Morgan fingerprint density at radius 1 is 1.56 bits per heavy atom. The smallest absolute Gasteiger partial charge is 0.326 e. The highest BCUT2D eigenvalue weighted by atomic mass is 35.5. The Bertz CT molecular complexity index is 451. The maximum absolute atomic E-state index is 11.9. The van der Waals surface area contributed by atoms with Gasteiger partial charge in [-0.25, -0.2) is 9.78 Å². The number of carboxylic acid groups (broad SMARTS) is 1. The van der Waals surface area contributed by atoms with Crippen molar-refractivity contribution >= 4 is 23.5 Å². The van der Waals surface area contributed by atoms with E-state index in [1.54, 1.807) is 6.92 Å². The maximum Gasteiger partial charge on any atom is 0.326 e. The van der Waals surface area contributed by atoms with Crippen LogP contribution in [0.4, 0.5) is 0 Å². The summed E-state index contributed by atoms with van der Waals surface area (Å²) in [6, 6.07) is 1.97. The van der Waals surface area contributed by atoms with Gasteiger partial charge in [-0.05, 0) is 18.1 Å². The number of hydrogen-bond acceptors (Lipinski definition) is 3. The van der Waals surface area contributed by atoms with Crippen molar-refractivity contribution < 1.29 is 14.7 Å². The highest BCUT2D eigenvalue weighted by Crippen LogP contribution is 2.11. The van der Waals surface area contributed by atoms with Crippen molar-refractivity contribution in [2.75, 3.05) is 0 Å². The second-order valence-electron chi connectivity index (χ2n) is 4.04. The summed E-state index contributed by atoms with van der Waals surface area (Å²) in [6.07, 6.45) is 2.06. The molecule has 0 aliphatic heterocycles. The minimum absolute atomic E-state index is 0.149. The molecule has 0 aliphatic carbocycles. The van der Waals surface area contributed by atoms with Crippen LogP contribution in [0.3, 0.4) is 0 Å². The molecule has 0 aromatic carbocycles. The van der Waals surface area contributed by atoms with E-state index < -0.39 is 17.9 Å². The molecule has 18 heavy (non-hydrogen) atoms. The highest BCUT2D eigenvalue weighted by Gasteiger charge is 2.25. The number of amides is 1. The summed E-state index contributed by atoms with van der Waals surface area (Å²) in [4.78, 5) is 26.7. The minimum atomic E-state index is -1.04. The van der Waals surface area contributed by atoms with Crippen molar-refractivity contribution in [3.8, 4) is 0 Å². The SMILES string of the molecule is CC[C@H](C)[C@H](NC(=O)c1ccnc(Cl)c1)C(=O)O. The Hall–Kier alpha value is -1.62. The Morgan fingerprint density at radius 2 is 2.22 bits per heavy atom. The third kappa shape index (κ3) is 3.70. The molecule has 5 nitrogen and oxygen atoms in total. The summed E-state index contributed by atoms with van der Waals surface area (Å²) in [7, 11) is 0. The summed E-state index contributed by atoms with van der Waals surface area (Å²) in [5.74, 6) is -1.66. The van der Waals surface area contributed by atoms with Crippen molar-refractivity contribution in [3.05, 3.63) is 29.0 Å². The Balaban J connectivity index is 2.82. The van der Waals surface area contributed by atoms with Gasteiger partial charge in [0, 0.05) is 11.8 Å². The number of carbonyl (C=O) groups excluding carboxylic acids is 1. The van der Waals surface area contributed by atoms with Crippen LogP contribution in [-0.4, -0.2) is 28.0 Å². The van der Waals surface area contributed by atoms with Gasteiger partial charge in [0.2, 0.25) is 0 Å². The quantitative estimate of drug-likeness (QED) is 0.802. The van der Waals surface area contributed by atoms with Crippen LogP contribution in [0.5, 0.6) is 0 Å². The fourth-order valence-corrected chi connectivity index (χ4v) is 1.63. The van der Waals surface area contributed by atoms with Gasteiger partial charge < -0.3 is 10.4 Å². The molecule has 0 aliphatic rings. The van der Waals surface area contributed by atoms with Gasteiger partial charge in [0.25, 0.3) is 5.91 Å². The van der Waals surface area contributed by atoms with E-state index >= 15 is 0 Å². The first kappa shape index (κ1) is 14.4. The molecular formula is C12H15ClN2O3. The molecule has 1 aromatic rings. The van der Waals surface area contributed by atoms with Crippen LogP contribution in [-0.2, 0) is 4.79 Å². The van der Waals surface area contributed by atoms with E-state index in [4.69, 9.17) is 16.7 Å². The van der Waals surface area contributed by atoms with Gasteiger partial charge in [-0.2, -0.15) is 0 Å². The first-order chi connectivity index (χ1) is 8.45. The lowest BCUT2D eigenvalue weighted by molar-refractivity contribution is -0.140. The first-order valence-electron chi connectivity index (χ1n) is 5.61. The number of nitrogens with zero attached hydrogens (tertiary/aromatic N) is 1. The molecule has 6 heteroatoms. The van der Waals surface area contributed by atoms with E-state index in [1.165, 1.54) is 18.3 Å². The number of pyridine rings is 1. The van der Waals surface area contributed by atoms with Crippen LogP contribution in [0.25, 0.3) is 0 Å². The molecule has 0 spiro atoms. The summed E-state index contributed by atoms with van der Waals surface area (Å²) in [5, 5.41) is 11.8. The van der Waals surface area contributed by atoms with Gasteiger partial charge >= 0.3 is 5.97 Å². The topological polar surface area (TPSA) is 79.3 Å². The molecule has 1 heterocycles. The fourth-order valence-electron chi connectivity index (χ4n) is 1.45. The largest absolute Gasteiger partial charge is 0.480 e.